The predicted molar refractivity (Wildman–Crippen MR) is 128 cm³/mol. The second-order valence-corrected chi connectivity index (χ2v) is 7.32. The van der Waals surface area contributed by atoms with Crippen molar-refractivity contribution in [3.8, 4) is 0 Å². The summed E-state index contributed by atoms with van der Waals surface area (Å²) in [4.78, 5) is 10.9. The molecular weight excluding hydrogens is 520 g/mol. The van der Waals surface area contributed by atoms with Gasteiger partial charge in [-0.2, -0.15) is 0 Å². The summed E-state index contributed by atoms with van der Waals surface area (Å²) in [5, 5.41) is 0.837. The number of hydrogen-bond acceptors (Lipinski definition) is 11. The standard InChI is InChI=1S/C22H43BrO11/c1-25-22(24)2-4-26-6-8-28-10-12-30-14-16-32-18-20-34-21-19-33-17-15-31-13-11-29-9-7-27-5-3-23/h2-21H2,1H3. The minimum Gasteiger partial charge on any atom is -0.469 e. The molecule has 0 saturated heterocycles. The van der Waals surface area contributed by atoms with Gasteiger partial charge in [0.15, 0.2) is 0 Å². The Morgan fingerprint density at radius 3 is 0.912 bits per heavy atom. The molecule has 11 nitrogen and oxygen atoms in total. The van der Waals surface area contributed by atoms with Gasteiger partial charge in [-0.05, 0) is 0 Å². The van der Waals surface area contributed by atoms with Gasteiger partial charge < -0.3 is 47.4 Å². The topological polar surface area (TPSA) is 109 Å². The molecule has 0 heterocycles. The Labute approximate surface area is 212 Å². The summed E-state index contributed by atoms with van der Waals surface area (Å²) in [6.45, 7) is 9.27. The van der Waals surface area contributed by atoms with Crippen LogP contribution in [0.25, 0.3) is 0 Å². The van der Waals surface area contributed by atoms with E-state index in [1.54, 1.807) is 0 Å². The lowest BCUT2D eigenvalue weighted by atomic mass is 10.5. The molecule has 0 saturated carbocycles. The van der Waals surface area contributed by atoms with Crippen molar-refractivity contribution in [3.63, 3.8) is 0 Å². The normalized spacial score (nSPS) is 11.2. The summed E-state index contributed by atoms with van der Waals surface area (Å²) in [6.07, 6.45) is 0.250. The third-order valence-electron chi connectivity index (χ3n) is 3.88. The lowest BCUT2D eigenvalue weighted by molar-refractivity contribution is -0.141. The number of carbonyl (C=O) groups is 1. The monoisotopic (exact) mass is 562 g/mol. The van der Waals surface area contributed by atoms with Gasteiger partial charge in [0, 0.05) is 5.33 Å². The molecular formula is C22H43BrO11. The molecule has 0 unspecified atom stereocenters. The van der Waals surface area contributed by atoms with Crippen molar-refractivity contribution in [2.24, 2.45) is 0 Å². The highest BCUT2D eigenvalue weighted by atomic mass is 79.9. The fourth-order valence-electron chi connectivity index (χ4n) is 2.17. The van der Waals surface area contributed by atoms with Crippen molar-refractivity contribution >= 4 is 21.9 Å². The molecule has 0 radical (unpaired) electrons. The van der Waals surface area contributed by atoms with E-state index in [0.717, 1.165) is 5.33 Å². The summed E-state index contributed by atoms with van der Waals surface area (Å²) < 4.78 is 52.8. The Bertz CT molecular complexity index is 405. The highest BCUT2D eigenvalue weighted by molar-refractivity contribution is 9.09. The van der Waals surface area contributed by atoms with E-state index in [1.165, 1.54) is 7.11 Å². The van der Waals surface area contributed by atoms with Gasteiger partial charge in [-0.1, -0.05) is 15.9 Å². The van der Waals surface area contributed by atoms with Gasteiger partial charge in [-0.3, -0.25) is 4.79 Å². The molecule has 12 heteroatoms. The third kappa shape index (κ3) is 29.6. The van der Waals surface area contributed by atoms with Crippen LogP contribution in [0.15, 0.2) is 0 Å². The summed E-state index contributed by atoms with van der Waals surface area (Å²) in [7, 11) is 1.35. The van der Waals surface area contributed by atoms with E-state index in [0.29, 0.717) is 119 Å². The number of halogens is 1. The molecule has 0 bridgehead atoms. The van der Waals surface area contributed by atoms with Gasteiger partial charge in [0.05, 0.1) is 132 Å². The van der Waals surface area contributed by atoms with E-state index in [4.69, 9.17) is 42.6 Å². The quantitative estimate of drug-likeness (QED) is 0.0742. The first-order chi connectivity index (χ1) is 16.8. The van der Waals surface area contributed by atoms with E-state index in [2.05, 4.69) is 20.7 Å². The highest BCUT2D eigenvalue weighted by Gasteiger charge is 1.99. The summed E-state index contributed by atoms with van der Waals surface area (Å²) in [5.74, 6) is -0.282. The molecule has 0 aliphatic rings. The number of methoxy groups -OCH3 is 1. The lowest BCUT2D eigenvalue weighted by Crippen LogP contribution is -2.15. The highest BCUT2D eigenvalue weighted by Crippen LogP contribution is 1.88. The summed E-state index contributed by atoms with van der Waals surface area (Å²) in [5.41, 5.74) is 0. The second kappa shape index (κ2) is 30.6. The number of alkyl halides is 1. The third-order valence-corrected chi connectivity index (χ3v) is 4.20. The van der Waals surface area contributed by atoms with E-state index >= 15 is 0 Å². The average Bonchev–Trinajstić information content (AvgIpc) is 2.85. The van der Waals surface area contributed by atoms with Crippen molar-refractivity contribution in [3.05, 3.63) is 0 Å². The van der Waals surface area contributed by atoms with Crippen LogP contribution in [0.1, 0.15) is 6.42 Å². The maximum absolute atomic E-state index is 10.9. The average molecular weight is 563 g/mol. The Kier molecular flexibility index (Phi) is 30.3. The van der Waals surface area contributed by atoms with Gasteiger partial charge in [-0.25, -0.2) is 0 Å². The van der Waals surface area contributed by atoms with Crippen molar-refractivity contribution in [2.75, 3.05) is 131 Å². The predicted octanol–water partition coefficient (Wildman–Crippen LogP) is 1.09. The smallest absolute Gasteiger partial charge is 0.307 e. The molecule has 0 aromatic rings. The maximum atomic E-state index is 10.9. The van der Waals surface area contributed by atoms with E-state index in [1.807, 2.05) is 0 Å². The fraction of sp³-hybridized carbons (Fsp3) is 0.955. The summed E-state index contributed by atoms with van der Waals surface area (Å²) in [6, 6.07) is 0. The molecule has 0 aromatic carbocycles. The second-order valence-electron chi connectivity index (χ2n) is 6.53. The minimum atomic E-state index is -0.282. The van der Waals surface area contributed by atoms with Crippen molar-refractivity contribution in [1.82, 2.24) is 0 Å². The Morgan fingerprint density at radius 1 is 0.441 bits per heavy atom. The zero-order valence-corrected chi connectivity index (χ0v) is 22.1. The van der Waals surface area contributed by atoms with Crippen LogP contribution in [0, 0.1) is 0 Å². The largest absolute Gasteiger partial charge is 0.469 e. The van der Waals surface area contributed by atoms with Crippen LogP contribution in [0.2, 0.25) is 0 Å². The molecule has 0 N–H and O–H groups in total. The van der Waals surface area contributed by atoms with Crippen molar-refractivity contribution in [1.29, 1.82) is 0 Å². The van der Waals surface area contributed by atoms with Crippen LogP contribution >= 0.6 is 15.9 Å². The number of carbonyl (C=O) groups excluding carboxylic acids is 1. The first kappa shape index (κ1) is 33.6. The molecule has 0 fully saturated rings. The molecule has 0 amide bonds. The van der Waals surface area contributed by atoms with E-state index in [9.17, 15) is 4.79 Å². The van der Waals surface area contributed by atoms with Crippen LogP contribution in [-0.2, 0) is 52.2 Å². The number of esters is 1. The van der Waals surface area contributed by atoms with Crippen LogP contribution < -0.4 is 0 Å². The van der Waals surface area contributed by atoms with Gasteiger partial charge in [-0.15, -0.1) is 0 Å². The number of hydrogen-bond donors (Lipinski definition) is 0. The van der Waals surface area contributed by atoms with Crippen molar-refractivity contribution < 1.29 is 52.2 Å². The van der Waals surface area contributed by atoms with Gasteiger partial charge >= 0.3 is 5.97 Å². The molecule has 34 heavy (non-hydrogen) atoms. The van der Waals surface area contributed by atoms with Crippen molar-refractivity contribution in [2.45, 2.75) is 6.42 Å². The molecule has 0 aliphatic carbocycles. The van der Waals surface area contributed by atoms with Crippen LogP contribution in [0.4, 0.5) is 0 Å². The molecule has 0 aromatic heterocycles. The first-order valence-corrected chi connectivity index (χ1v) is 12.8. The van der Waals surface area contributed by atoms with Crippen LogP contribution in [0.5, 0.6) is 0 Å². The lowest BCUT2D eigenvalue weighted by Gasteiger charge is -2.08. The van der Waals surface area contributed by atoms with Crippen LogP contribution in [0.3, 0.4) is 0 Å². The first-order valence-electron chi connectivity index (χ1n) is 11.6. The minimum absolute atomic E-state index is 0.250. The zero-order chi connectivity index (χ0) is 24.8. The Balaban J connectivity index is 3.02. The Hall–Kier alpha value is -0.410. The van der Waals surface area contributed by atoms with Gasteiger partial charge in [0.1, 0.15) is 0 Å². The number of ether oxygens (including phenoxy) is 10. The maximum Gasteiger partial charge on any atom is 0.307 e. The molecule has 0 atom stereocenters. The van der Waals surface area contributed by atoms with E-state index in [-0.39, 0.29) is 12.4 Å². The van der Waals surface area contributed by atoms with Gasteiger partial charge in [0.25, 0.3) is 0 Å². The van der Waals surface area contributed by atoms with E-state index < -0.39 is 0 Å². The fourth-order valence-corrected chi connectivity index (χ4v) is 2.40. The molecule has 0 aliphatic heterocycles. The molecule has 204 valence electrons. The molecule has 0 spiro atoms. The van der Waals surface area contributed by atoms with Crippen LogP contribution in [-0.4, -0.2) is 137 Å². The van der Waals surface area contributed by atoms with Gasteiger partial charge in [0.2, 0.25) is 0 Å². The Morgan fingerprint density at radius 2 is 0.676 bits per heavy atom. The number of rotatable bonds is 29. The molecule has 0 rings (SSSR count). The summed E-state index contributed by atoms with van der Waals surface area (Å²) >= 11 is 3.29. The zero-order valence-electron chi connectivity index (χ0n) is 20.5. The SMILES string of the molecule is COC(=O)CCOCCOCCOCCOCCOCCOCCOCCOCCOCCBr.